The molecule has 2 heteroatoms. The van der Waals surface area contributed by atoms with Gasteiger partial charge in [-0.2, -0.15) is 0 Å². The van der Waals surface area contributed by atoms with E-state index >= 15 is 0 Å². The van der Waals surface area contributed by atoms with E-state index < -0.39 is 0 Å². The molecular weight excluding hydrogens is 278 g/mol. The molecule has 0 aromatic heterocycles. The number of benzene rings is 2. The minimum atomic E-state index is 0.335. The van der Waals surface area contributed by atoms with Gasteiger partial charge in [-0.3, -0.25) is 0 Å². The van der Waals surface area contributed by atoms with E-state index in [-0.39, 0.29) is 0 Å². The first-order valence-corrected chi connectivity index (χ1v) is 8.09. The third-order valence-corrected chi connectivity index (χ3v) is 4.79. The molecule has 1 aliphatic carbocycles. The Hall–Kier alpha value is -1.31. The summed E-state index contributed by atoms with van der Waals surface area (Å²) in [6.45, 7) is 2.13. The zero-order chi connectivity index (χ0) is 14.8. The van der Waals surface area contributed by atoms with Crippen molar-refractivity contribution in [3.8, 4) is 0 Å². The molecule has 0 bridgehead atoms. The number of likely N-dealkylation sites (N-methyl/N-ethyl adjacent to an activating group) is 1. The second-order valence-electron chi connectivity index (χ2n) is 6.00. The Bertz CT molecular complexity index is 648. The van der Waals surface area contributed by atoms with Crippen LogP contribution in [0.5, 0.6) is 0 Å². The molecule has 1 N–H and O–H groups in total. The fourth-order valence-electron chi connectivity index (χ4n) is 3.39. The maximum atomic E-state index is 6.07. The van der Waals surface area contributed by atoms with Crippen molar-refractivity contribution in [1.82, 2.24) is 5.32 Å². The Morgan fingerprint density at radius 3 is 2.67 bits per heavy atom. The van der Waals surface area contributed by atoms with Crippen LogP contribution in [0, 0.1) is 6.92 Å². The second kappa shape index (κ2) is 6.21. The highest BCUT2D eigenvalue weighted by molar-refractivity contribution is 6.30. The molecule has 3 rings (SSSR count). The Kier molecular flexibility index (Phi) is 4.32. The molecule has 0 saturated heterocycles. The van der Waals surface area contributed by atoms with E-state index in [2.05, 4.69) is 36.5 Å². The monoisotopic (exact) mass is 299 g/mol. The molecule has 2 aromatic carbocycles. The lowest BCUT2D eigenvalue weighted by Gasteiger charge is -2.20. The topological polar surface area (TPSA) is 12.0 Å². The summed E-state index contributed by atoms with van der Waals surface area (Å²) in [4.78, 5) is 0. The smallest absolute Gasteiger partial charge is 0.0408 e. The van der Waals surface area contributed by atoms with Gasteiger partial charge < -0.3 is 5.32 Å². The highest BCUT2D eigenvalue weighted by atomic mass is 35.5. The normalized spacial score (nSPS) is 15.0. The summed E-state index contributed by atoms with van der Waals surface area (Å²) in [5.41, 5.74) is 7.10. The van der Waals surface area contributed by atoms with Gasteiger partial charge in [-0.15, -0.1) is 0 Å². The molecule has 0 amide bonds. The van der Waals surface area contributed by atoms with Gasteiger partial charge in [0, 0.05) is 11.1 Å². The van der Waals surface area contributed by atoms with Crippen LogP contribution in [-0.4, -0.2) is 7.05 Å². The summed E-state index contributed by atoms with van der Waals surface area (Å²) >= 11 is 6.07. The molecule has 0 saturated carbocycles. The number of halogens is 1. The van der Waals surface area contributed by atoms with E-state index in [0.29, 0.717) is 6.04 Å². The molecule has 1 aliphatic rings. The molecule has 0 spiro atoms. The summed E-state index contributed by atoms with van der Waals surface area (Å²) in [5.74, 6) is 0. The number of nitrogens with one attached hydrogen (secondary N) is 1. The van der Waals surface area contributed by atoms with Crippen molar-refractivity contribution in [1.29, 1.82) is 0 Å². The van der Waals surface area contributed by atoms with E-state index in [0.717, 1.165) is 11.4 Å². The summed E-state index contributed by atoms with van der Waals surface area (Å²) in [6.07, 6.45) is 4.82. The van der Waals surface area contributed by atoms with E-state index in [1.165, 1.54) is 36.0 Å². The highest BCUT2D eigenvalue weighted by Crippen LogP contribution is 2.27. The summed E-state index contributed by atoms with van der Waals surface area (Å²) < 4.78 is 0. The zero-order valence-electron chi connectivity index (χ0n) is 12.7. The third-order valence-electron chi connectivity index (χ3n) is 4.56. The van der Waals surface area contributed by atoms with Gasteiger partial charge in [0.25, 0.3) is 0 Å². The Labute approximate surface area is 132 Å². The first kappa shape index (κ1) is 14.6. The number of hydrogen-bond acceptors (Lipinski definition) is 1. The minimum absolute atomic E-state index is 0.335. The molecule has 0 heterocycles. The van der Waals surface area contributed by atoms with Gasteiger partial charge in [-0.25, -0.2) is 0 Å². The molecule has 21 heavy (non-hydrogen) atoms. The molecule has 110 valence electrons. The lowest BCUT2D eigenvalue weighted by Crippen LogP contribution is -2.20. The van der Waals surface area contributed by atoms with E-state index in [1.54, 1.807) is 11.1 Å². The van der Waals surface area contributed by atoms with E-state index in [9.17, 15) is 0 Å². The standard InChI is InChI=1S/C19H22ClN/c1-13-10-17(20)8-9-18(13)19(21-2)12-14-6-7-15-4-3-5-16(15)11-14/h6-11,19,21H,3-5,12H2,1-2H3. The van der Waals surface area contributed by atoms with Crippen molar-refractivity contribution < 1.29 is 0 Å². The largest absolute Gasteiger partial charge is 0.313 e. The maximum absolute atomic E-state index is 6.07. The van der Waals surface area contributed by atoms with Gasteiger partial charge in [0.05, 0.1) is 0 Å². The summed E-state index contributed by atoms with van der Waals surface area (Å²) in [5, 5.41) is 4.26. The Morgan fingerprint density at radius 1 is 1.10 bits per heavy atom. The minimum Gasteiger partial charge on any atom is -0.313 e. The third kappa shape index (κ3) is 3.14. The van der Waals surface area contributed by atoms with Gasteiger partial charge in [-0.1, -0.05) is 35.9 Å². The summed E-state index contributed by atoms with van der Waals surface area (Å²) in [7, 11) is 2.03. The number of aryl methyl sites for hydroxylation is 3. The first-order chi connectivity index (χ1) is 10.2. The van der Waals surface area contributed by atoms with Crippen LogP contribution in [0.1, 0.15) is 40.3 Å². The van der Waals surface area contributed by atoms with E-state index in [1.807, 2.05) is 19.2 Å². The van der Waals surface area contributed by atoms with Crippen molar-refractivity contribution >= 4 is 11.6 Å². The Balaban J connectivity index is 1.84. The van der Waals surface area contributed by atoms with Crippen LogP contribution in [0.3, 0.4) is 0 Å². The van der Waals surface area contributed by atoms with Crippen LogP contribution in [0.2, 0.25) is 5.02 Å². The average Bonchev–Trinajstić information content (AvgIpc) is 2.93. The number of rotatable bonds is 4. The van der Waals surface area contributed by atoms with Crippen LogP contribution in [-0.2, 0) is 19.3 Å². The fraction of sp³-hybridized carbons (Fsp3) is 0.368. The van der Waals surface area contributed by atoms with Crippen molar-refractivity contribution in [2.75, 3.05) is 7.05 Å². The maximum Gasteiger partial charge on any atom is 0.0408 e. The molecule has 1 unspecified atom stereocenters. The van der Waals surface area contributed by atoms with Crippen molar-refractivity contribution in [3.05, 3.63) is 69.2 Å². The van der Waals surface area contributed by atoms with Crippen LogP contribution >= 0.6 is 11.6 Å². The number of hydrogen-bond donors (Lipinski definition) is 1. The molecule has 2 aromatic rings. The SMILES string of the molecule is CNC(Cc1ccc2c(c1)CCC2)c1ccc(Cl)cc1C. The van der Waals surface area contributed by atoms with E-state index in [4.69, 9.17) is 11.6 Å². The average molecular weight is 300 g/mol. The molecule has 1 nitrogen and oxygen atoms in total. The van der Waals surface area contributed by atoms with Crippen molar-refractivity contribution in [3.63, 3.8) is 0 Å². The van der Waals surface area contributed by atoms with Crippen LogP contribution in [0.25, 0.3) is 0 Å². The van der Waals surface area contributed by atoms with Crippen LogP contribution in [0.4, 0.5) is 0 Å². The lowest BCUT2D eigenvalue weighted by molar-refractivity contribution is 0.589. The molecule has 1 atom stereocenters. The van der Waals surface area contributed by atoms with Gasteiger partial charge in [0.1, 0.15) is 0 Å². The predicted octanol–water partition coefficient (Wildman–Crippen LogP) is 4.64. The van der Waals surface area contributed by atoms with Crippen LogP contribution in [0.15, 0.2) is 36.4 Å². The highest BCUT2D eigenvalue weighted by Gasteiger charge is 2.15. The zero-order valence-corrected chi connectivity index (χ0v) is 13.5. The molecule has 0 aliphatic heterocycles. The van der Waals surface area contributed by atoms with Gasteiger partial charge in [0.2, 0.25) is 0 Å². The van der Waals surface area contributed by atoms with Gasteiger partial charge in [0.15, 0.2) is 0 Å². The van der Waals surface area contributed by atoms with Gasteiger partial charge in [-0.05, 0) is 79.6 Å². The Morgan fingerprint density at radius 2 is 1.90 bits per heavy atom. The first-order valence-electron chi connectivity index (χ1n) is 7.71. The predicted molar refractivity (Wildman–Crippen MR) is 90.2 cm³/mol. The quantitative estimate of drug-likeness (QED) is 0.867. The summed E-state index contributed by atoms with van der Waals surface area (Å²) in [6, 6.07) is 13.5. The second-order valence-corrected chi connectivity index (χ2v) is 6.44. The lowest BCUT2D eigenvalue weighted by atomic mass is 9.94. The van der Waals surface area contributed by atoms with Gasteiger partial charge >= 0.3 is 0 Å². The molecule has 0 fully saturated rings. The molecule has 0 radical (unpaired) electrons. The fourth-order valence-corrected chi connectivity index (χ4v) is 3.61. The van der Waals surface area contributed by atoms with Crippen molar-refractivity contribution in [2.45, 2.75) is 38.6 Å². The number of fused-ring (bicyclic) bond motifs is 1. The van der Waals surface area contributed by atoms with Crippen molar-refractivity contribution in [2.24, 2.45) is 0 Å². The molecular formula is C19H22ClN. The van der Waals surface area contributed by atoms with Crippen LogP contribution < -0.4 is 5.32 Å².